The molecule has 0 bridgehead atoms. The molecule has 0 fully saturated rings. The topological polar surface area (TPSA) is 64.9 Å². The van der Waals surface area contributed by atoms with Gasteiger partial charge >= 0.3 is 0 Å². The highest BCUT2D eigenvalue weighted by atomic mass is 32.1. The van der Waals surface area contributed by atoms with Crippen LogP contribution >= 0.6 is 11.5 Å². The second-order valence-electron chi connectivity index (χ2n) is 3.11. The van der Waals surface area contributed by atoms with Crippen molar-refractivity contribution in [1.82, 2.24) is 9.59 Å². The van der Waals surface area contributed by atoms with Gasteiger partial charge in [-0.15, -0.1) is 5.10 Å². The van der Waals surface area contributed by atoms with E-state index in [0.29, 0.717) is 6.42 Å². The van der Waals surface area contributed by atoms with E-state index < -0.39 is 0 Å². The molecule has 74 valence electrons. The first-order valence-corrected chi connectivity index (χ1v) is 5.11. The van der Waals surface area contributed by atoms with Crippen LogP contribution < -0.4 is 5.73 Å². The Balaban J connectivity index is 2.10. The van der Waals surface area contributed by atoms with E-state index in [0.717, 1.165) is 16.3 Å². The summed E-state index contributed by atoms with van der Waals surface area (Å²) in [7, 11) is 0. The van der Waals surface area contributed by atoms with Crippen molar-refractivity contribution in [2.45, 2.75) is 19.4 Å². The third-order valence-electron chi connectivity index (χ3n) is 2.02. The van der Waals surface area contributed by atoms with E-state index in [-0.39, 0.29) is 6.04 Å². The lowest BCUT2D eigenvalue weighted by molar-refractivity contribution is 0.489. The van der Waals surface area contributed by atoms with Crippen LogP contribution in [0.4, 0.5) is 0 Å². The van der Waals surface area contributed by atoms with E-state index in [1.54, 1.807) is 6.26 Å². The molecule has 0 saturated heterocycles. The normalized spacial score (nSPS) is 13.0. The first-order valence-electron chi connectivity index (χ1n) is 4.34. The van der Waals surface area contributed by atoms with Gasteiger partial charge in [-0.05, 0) is 30.6 Å². The second kappa shape index (κ2) is 3.89. The van der Waals surface area contributed by atoms with Crippen LogP contribution in [0.15, 0.2) is 22.8 Å². The molecule has 2 heterocycles. The van der Waals surface area contributed by atoms with Crippen molar-refractivity contribution < 1.29 is 4.42 Å². The monoisotopic (exact) mass is 209 g/mol. The maximum Gasteiger partial charge on any atom is 0.105 e. The summed E-state index contributed by atoms with van der Waals surface area (Å²) in [6.45, 7) is 1.92. The molecular weight excluding hydrogens is 198 g/mol. The van der Waals surface area contributed by atoms with Crippen LogP contribution in [0.1, 0.15) is 22.4 Å². The van der Waals surface area contributed by atoms with Crippen LogP contribution in [0, 0.1) is 6.92 Å². The molecule has 0 radical (unpaired) electrons. The standard InChI is InChI=1S/C9H11N3OS/c1-6-9(14-12-11-6)8(10)5-7-3-2-4-13-7/h2-4,8H,5,10H2,1H3. The van der Waals surface area contributed by atoms with Crippen LogP contribution in [0.25, 0.3) is 0 Å². The predicted molar refractivity (Wildman–Crippen MR) is 54.0 cm³/mol. The largest absolute Gasteiger partial charge is 0.469 e. The van der Waals surface area contributed by atoms with Gasteiger partial charge in [0.05, 0.1) is 16.8 Å². The molecule has 4 nitrogen and oxygen atoms in total. The third-order valence-corrected chi connectivity index (χ3v) is 2.98. The summed E-state index contributed by atoms with van der Waals surface area (Å²) in [4.78, 5) is 1.03. The molecule has 0 aromatic carbocycles. The molecule has 0 aliphatic heterocycles. The smallest absolute Gasteiger partial charge is 0.105 e. The summed E-state index contributed by atoms with van der Waals surface area (Å²) < 4.78 is 9.08. The summed E-state index contributed by atoms with van der Waals surface area (Å²) in [6, 6.07) is 3.71. The van der Waals surface area contributed by atoms with Gasteiger partial charge in [-0.25, -0.2) is 0 Å². The molecule has 1 atom stereocenters. The number of aromatic nitrogens is 2. The van der Waals surface area contributed by atoms with Gasteiger partial charge in [-0.2, -0.15) is 0 Å². The lowest BCUT2D eigenvalue weighted by Crippen LogP contribution is -2.12. The van der Waals surface area contributed by atoms with Crippen molar-refractivity contribution in [3.05, 3.63) is 34.7 Å². The Morgan fingerprint density at radius 3 is 3.07 bits per heavy atom. The number of hydrogen-bond donors (Lipinski definition) is 1. The number of furan rings is 1. The second-order valence-corrected chi connectivity index (χ2v) is 3.90. The minimum atomic E-state index is -0.0684. The van der Waals surface area contributed by atoms with Crippen molar-refractivity contribution >= 4 is 11.5 Å². The van der Waals surface area contributed by atoms with E-state index in [9.17, 15) is 0 Å². The molecular formula is C9H11N3OS. The van der Waals surface area contributed by atoms with Crippen molar-refractivity contribution in [3.63, 3.8) is 0 Å². The molecule has 2 N–H and O–H groups in total. The highest BCUT2D eigenvalue weighted by molar-refractivity contribution is 7.05. The lowest BCUT2D eigenvalue weighted by atomic mass is 10.1. The van der Waals surface area contributed by atoms with E-state index in [2.05, 4.69) is 9.59 Å². The molecule has 0 amide bonds. The quantitative estimate of drug-likeness (QED) is 0.835. The Kier molecular flexibility index (Phi) is 2.60. The van der Waals surface area contributed by atoms with Crippen LogP contribution in [0.3, 0.4) is 0 Å². The number of nitrogens with zero attached hydrogens (tertiary/aromatic N) is 2. The number of nitrogens with two attached hydrogens (primary N) is 1. The molecule has 0 aliphatic rings. The summed E-state index contributed by atoms with van der Waals surface area (Å²) in [5.74, 6) is 0.894. The fourth-order valence-corrected chi connectivity index (χ4v) is 1.96. The molecule has 1 unspecified atom stereocenters. The molecule has 0 saturated carbocycles. The van der Waals surface area contributed by atoms with Crippen LogP contribution in [-0.2, 0) is 6.42 Å². The number of aryl methyl sites for hydroxylation is 1. The zero-order valence-electron chi connectivity index (χ0n) is 7.80. The summed E-state index contributed by atoms with van der Waals surface area (Å²) in [6.07, 6.45) is 2.34. The van der Waals surface area contributed by atoms with Gasteiger partial charge in [-0.3, -0.25) is 0 Å². The fraction of sp³-hybridized carbons (Fsp3) is 0.333. The van der Waals surface area contributed by atoms with Gasteiger partial charge < -0.3 is 10.2 Å². The van der Waals surface area contributed by atoms with E-state index in [1.165, 1.54) is 11.5 Å². The SMILES string of the molecule is Cc1nnsc1C(N)Cc1ccco1. The Labute approximate surface area is 85.9 Å². The van der Waals surface area contributed by atoms with Gasteiger partial charge in [-0.1, -0.05) is 4.49 Å². The molecule has 2 aromatic rings. The maximum absolute atomic E-state index is 6.00. The summed E-state index contributed by atoms with van der Waals surface area (Å²) in [5.41, 5.74) is 6.91. The Morgan fingerprint density at radius 1 is 1.64 bits per heavy atom. The third kappa shape index (κ3) is 1.83. The molecule has 14 heavy (non-hydrogen) atoms. The zero-order valence-corrected chi connectivity index (χ0v) is 8.62. The minimum Gasteiger partial charge on any atom is -0.469 e. The van der Waals surface area contributed by atoms with Crippen molar-refractivity contribution in [2.75, 3.05) is 0 Å². The number of hydrogen-bond acceptors (Lipinski definition) is 5. The van der Waals surface area contributed by atoms with Gasteiger partial charge in [0.1, 0.15) is 5.76 Å². The van der Waals surface area contributed by atoms with E-state index in [4.69, 9.17) is 10.2 Å². The minimum absolute atomic E-state index is 0.0684. The Hall–Kier alpha value is -1.20. The molecule has 2 aromatic heterocycles. The average molecular weight is 209 g/mol. The van der Waals surface area contributed by atoms with E-state index in [1.807, 2.05) is 19.1 Å². The van der Waals surface area contributed by atoms with Gasteiger partial charge in [0, 0.05) is 12.5 Å². The Bertz CT molecular complexity index is 396. The van der Waals surface area contributed by atoms with Crippen molar-refractivity contribution in [2.24, 2.45) is 5.73 Å². The molecule has 2 rings (SSSR count). The summed E-state index contributed by atoms with van der Waals surface area (Å²) in [5, 5.41) is 3.92. The number of rotatable bonds is 3. The first-order chi connectivity index (χ1) is 6.77. The van der Waals surface area contributed by atoms with Crippen molar-refractivity contribution in [3.8, 4) is 0 Å². The predicted octanol–water partition coefficient (Wildman–Crippen LogP) is 1.68. The highest BCUT2D eigenvalue weighted by Crippen LogP contribution is 2.21. The fourth-order valence-electron chi connectivity index (χ4n) is 1.32. The molecule has 0 spiro atoms. The Morgan fingerprint density at radius 2 is 2.50 bits per heavy atom. The average Bonchev–Trinajstić information content (AvgIpc) is 2.75. The molecule has 0 aliphatic carbocycles. The van der Waals surface area contributed by atoms with E-state index >= 15 is 0 Å². The first kappa shape index (κ1) is 9.36. The van der Waals surface area contributed by atoms with Crippen LogP contribution in [-0.4, -0.2) is 9.59 Å². The van der Waals surface area contributed by atoms with Gasteiger partial charge in [0.2, 0.25) is 0 Å². The van der Waals surface area contributed by atoms with Crippen LogP contribution in [0.2, 0.25) is 0 Å². The van der Waals surface area contributed by atoms with Gasteiger partial charge in [0.15, 0.2) is 0 Å². The lowest BCUT2D eigenvalue weighted by Gasteiger charge is -2.06. The van der Waals surface area contributed by atoms with Gasteiger partial charge in [0.25, 0.3) is 0 Å². The van der Waals surface area contributed by atoms with Crippen molar-refractivity contribution in [1.29, 1.82) is 0 Å². The molecule has 5 heteroatoms. The zero-order chi connectivity index (χ0) is 9.97. The maximum atomic E-state index is 6.00. The summed E-state index contributed by atoms with van der Waals surface area (Å²) >= 11 is 1.35. The highest BCUT2D eigenvalue weighted by Gasteiger charge is 2.14. The van der Waals surface area contributed by atoms with Crippen LogP contribution in [0.5, 0.6) is 0 Å².